The van der Waals surface area contributed by atoms with Crippen LogP contribution in [0, 0.1) is 12.3 Å². The van der Waals surface area contributed by atoms with Gasteiger partial charge in [0.2, 0.25) is 0 Å². The van der Waals surface area contributed by atoms with Gasteiger partial charge < -0.3 is 0 Å². The lowest BCUT2D eigenvalue weighted by Gasteiger charge is -1.36. The molecule has 0 fully saturated rings. The van der Waals surface area contributed by atoms with Gasteiger partial charge in [-0.1, -0.05) is 12.5 Å². The first-order valence-corrected chi connectivity index (χ1v) is 0.947. The molecule has 0 amide bonds. The van der Waals surface area contributed by atoms with Crippen molar-refractivity contribution in [3.8, 4) is 5.92 Å². The van der Waals surface area contributed by atoms with Gasteiger partial charge >= 0.3 is 0 Å². The zero-order valence-electron chi connectivity index (χ0n) is 2.28. The Labute approximate surface area is 26.1 Å². The Bertz CT molecular complexity index is 45.5. The first-order chi connectivity index (χ1) is 1.91. The number of rotatable bonds is 0. The van der Waals surface area contributed by atoms with E-state index in [1.54, 1.807) is 0 Å². The fourth-order valence-corrected chi connectivity index (χ4v) is 0. The Morgan fingerprint density at radius 3 is 2.25 bits per heavy atom. The van der Waals surface area contributed by atoms with Gasteiger partial charge in [-0.05, 0) is 12.5 Å². The van der Waals surface area contributed by atoms with Crippen LogP contribution in [0.5, 0.6) is 0 Å². The minimum Gasteiger partial charge on any atom is -0.0906 e. The van der Waals surface area contributed by atoms with Crippen LogP contribution in [0.1, 0.15) is 0 Å². The first-order valence-electron chi connectivity index (χ1n) is 0.947. The minimum atomic E-state index is 1.29. The second-order valence-electron chi connectivity index (χ2n) is 0.348. The molecule has 0 unspecified atom stereocenters. The Kier molecular flexibility index (Phi) is 1.90. The molecular formula is C4H3. The van der Waals surface area contributed by atoms with Gasteiger partial charge in [-0.3, -0.25) is 0 Å². The van der Waals surface area contributed by atoms with Crippen molar-refractivity contribution in [2.75, 3.05) is 0 Å². The van der Waals surface area contributed by atoms with Crippen LogP contribution in [0.3, 0.4) is 0 Å². The zero-order valence-corrected chi connectivity index (χ0v) is 2.28. The first kappa shape index (κ1) is 3.30. The lowest BCUT2D eigenvalue weighted by Crippen LogP contribution is -1.23. The molecule has 0 atom stereocenters. The van der Waals surface area contributed by atoms with Crippen LogP contribution in [0.2, 0.25) is 0 Å². The summed E-state index contributed by atoms with van der Waals surface area (Å²) < 4.78 is 0. The Morgan fingerprint density at radius 2 is 2.25 bits per heavy atom. The second-order valence-corrected chi connectivity index (χ2v) is 0.348. The van der Waals surface area contributed by atoms with Crippen molar-refractivity contribution in [3.63, 3.8) is 0 Å². The largest absolute Gasteiger partial charge is 0.0906 e. The molecule has 0 aliphatic rings. The predicted octanol–water partition coefficient (Wildman–Crippen LogP) is 0.762. The third kappa shape index (κ3) is 1.30. The summed E-state index contributed by atoms with van der Waals surface area (Å²) in [7, 11) is 0. The van der Waals surface area contributed by atoms with E-state index < -0.39 is 0 Å². The molecule has 0 bridgehead atoms. The number of allylic oxidation sites excluding steroid dienone is 1. The van der Waals surface area contributed by atoms with Gasteiger partial charge in [-0.25, -0.2) is 0 Å². The van der Waals surface area contributed by atoms with Crippen LogP contribution < -0.4 is 0 Å². The van der Waals surface area contributed by atoms with E-state index in [-0.39, 0.29) is 0 Å². The molecule has 0 aromatic heterocycles. The van der Waals surface area contributed by atoms with Crippen LogP contribution in [0.25, 0.3) is 0 Å². The molecule has 0 rings (SSSR count). The van der Waals surface area contributed by atoms with Crippen molar-refractivity contribution in [2.24, 2.45) is 0 Å². The van der Waals surface area contributed by atoms with Gasteiger partial charge in [0.15, 0.2) is 0 Å². The average molecular weight is 51.1 g/mol. The van der Waals surface area contributed by atoms with Gasteiger partial charge in [0.25, 0.3) is 0 Å². The summed E-state index contributed by atoms with van der Waals surface area (Å²) in [4.78, 5) is 0. The predicted molar refractivity (Wildman–Crippen MR) is 17.3 cm³/mol. The lowest BCUT2D eigenvalue weighted by atomic mass is 10.7. The van der Waals surface area contributed by atoms with Gasteiger partial charge in [0.1, 0.15) is 0 Å². The third-order valence-electron chi connectivity index (χ3n) is 0.102. The SMILES string of the molecule is [C]#CC=C. The monoisotopic (exact) mass is 51.0 g/mol. The van der Waals surface area contributed by atoms with Crippen LogP contribution >= 0.6 is 0 Å². The maximum Gasteiger partial charge on any atom is -0.0102 e. The summed E-state index contributed by atoms with van der Waals surface area (Å²) >= 11 is 0. The fraction of sp³-hybridized carbons (Fsp3) is 0. The van der Waals surface area contributed by atoms with Crippen LogP contribution in [0.4, 0.5) is 0 Å². The minimum absolute atomic E-state index is 1.29. The normalized spacial score (nSPS) is 3.75. The second kappa shape index (κ2) is 2.30. The molecule has 19 valence electrons. The van der Waals surface area contributed by atoms with E-state index in [0.717, 1.165) is 0 Å². The Morgan fingerprint density at radius 1 is 2.00 bits per heavy atom. The third-order valence-corrected chi connectivity index (χ3v) is 0.102. The molecule has 0 aromatic rings. The maximum atomic E-state index is 6.08. The van der Waals surface area contributed by atoms with Crippen molar-refractivity contribution in [2.45, 2.75) is 0 Å². The highest BCUT2D eigenvalue weighted by atomic mass is 13.3. The van der Waals surface area contributed by atoms with Crippen molar-refractivity contribution in [1.82, 2.24) is 0 Å². The molecule has 0 aliphatic heterocycles. The van der Waals surface area contributed by atoms with Crippen LogP contribution in [0.15, 0.2) is 12.7 Å². The molecular weight excluding hydrogens is 48.0 g/mol. The van der Waals surface area contributed by atoms with Crippen molar-refractivity contribution in [1.29, 1.82) is 0 Å². The summed E-state index contributed by atoms with van der Waals surface area (Å²) in [5.74, 6) is 1.94. The van der Waals surface area contributed by atoms with E-state index in [2.05, 4.69) is 6.58 Å². The summed E-state index contributed by atoms with van der Waals surface area (Å²) in [6.45, 7) is 3.18. The summed E-state index contributed by atoms with van der Waals surface area (Å²) in [5.41, 5.74) is 0. The molecule has 0 saturated heterocycles. The summed E-state index contributed by atoms with van der Waals surface area (Å²) in [6.07, 6.45) is 7.38. The van der Waals surface area contributed by atoms with E-state index in [1.807, 2.05) is 5.92 Å². The summed E-state index contributed by atoms with van der Waals surface area (Å²) in [5, 5.41) is 0. The molecule has 0 saturated carbocycles. The molecule has 0 nitrogen and oxygen atoms in total. The van der Waals surface area contributed by atoms with Crippen molar-refractivity contribution in [3.05, 3.63) is 19.1 Å². The van der Waals surface area contributed by atoms with Gasteiger partial charge in [0.05, 0.1) is 0 Å². The van der Waals surface area contributed by atoms with Gasteiger partial charge in [0, 0.05) is 0 Å². The molecule has 1 radical (unpaired) electrons. The number of hydrogen-bond acceptors (Lipinski definition) is 0. The Balaban J connectivity index is 2.92. The van der Waals surface area contributed by atoms with Crippen LogP contribution in [-0.2, 0) is 0 Å². The topological polar surface area (TPSA) is 0 Å². The molecule has 0 aromatic carbocycles. The highest BCUT2D eigenvalue weighted by Crippen LogP contribution is 1.41. The van der Waals surface area contributed by atoms with E-state index >= 15 is 0 Å². The van der Waals surface area contributed by atoms with Crippen LogP contribution in [-0.4, -0.2) is 0 Å². The zero-order chi connectivity index (χ0) is 3.41. The molecule has 0 spiro atoms. The average Bonchev–Trinajstić information content (AvgIpc) is 1.37. The highest BCUT2D eigenvalue weighted by molar-refractivity contribution is 4.98. The van der Waals surface area contributed by atoms with E-state index in [4.69, 9.17) is 6.42 Å². The lowest BCUT2D eigenvalue weighted by molar-refractivity contribution is 2.30. The maximum absolute atomic E-state index is 6.08. The standard InChI is InChI=1S/C4H3/c1-3-4-2/h3H,1H2. The Hall–Kier alpha value is -0.700. The molecule has 0 heterocycles. The molecule has 0 N–H and O–H groups in total. The molecule has 0 aliphatic carbocycles. The van der Waals surface area contributed by atoms with Crippen molar-refractivity contribution < 1.29 is 0 Å². The number of hydrogen-bond donors (Lipinski definition) is 0. The van der Waals surface area contributed by atoms with Crippen molar-refractivity contribution >= 4 is 0 Å². The molecule has 4 heavy (non-hydrogen) atoms. The van der Waals surface area contributed by atoms with Gasteiger partial charge in [-0.15, -0.1) is 0 Å². The smallest absolute Gasteiger partial charge is 0.0102 e. The van der Waals surface area contributed by atoms with E-state index in [1.165, 1.54) is 6.08 Å². The quantitative estimate of drug-likeness (QED) is 0.356. The highest BCUT2D eigenvalue weighted by Gasteiger charge is 1.28. The summed E-state index contributed by atoms with van der Waals surface area (Å²) in [6, 6.07) is 0. The van der Waals surface area contributed by atoms with Gasteiger partial charge in [-0.2, -0.15) is 0 Å². The fourth-order valence-electron chi connectivity index (χ4n) is 0. The van der Waals surface area contributed by atoms with E-state index in [9.17, 15) is 0 Å². The molecule has 0 heteroatoms. The van der Waals surface area contributed by atoms with E-state index in [0.29, 0.717) is 0 Å².